The Hall–Kier alpha value is -3.22. The van der Waals surface area contributed by atoms with E-state index in [-0.39, 0.29) is 5.69 Å². The van der Waals surface area contributed by atoms with E-state index >= 15 is 0 Å². The lowest BCUT2D eigenvalue weighted by atomic mass is 10.1. The molecule has 0 spiro atoms. The third-order valence-corrected chi connectivity index (χ3v) is 3.79. The highest BCUT2D eigenvalue weighted by atomic mass is 19.2. The summed E-state index contributed by atoms with van der Waals surface area (Å²) in [6, 6.07) is 9.33. The molecule has 1 unspecified atom stereocenters. The maximum Gasteiger partial charge on any atom is 0.336 e. The first-order valence-corrected chi connectivity index (χ1v) is 7.80. The van der Waals surface area contributed by atoms with E-state index in [1.165, 1.54) is 25.1 Å². The van der Waals surface area contributed by atoms with Crippen molar-refractivity contribution in [3.05, 3.63) is 70.1 Å². The Morgan fingerprint density at radius 1 is 1.12 bits per heavy atom. The molecule has 26 heavy (non-hydrogen) atoms. The summed E-state index contributed by atoms with van der Waals surface area (Å²) in [5.41, 5.74) is 0.758. The van der Waals surface area contributed by atoms with Crippen LogP contribution in [0.5, 0.6) is 5.75 Å². The molecule has 1 N–H and O–H groups in total. The largest absolute Gasteiger partial charge is 0.481 e. The first kappa shape index (κ1) is 17.6. The number of aryl methyl sites for hydroxylation is 1. The van der Waals surface area contributed by atoms with Crippen LogP contribution in [0.4, 0.5) is 14.5 Å². The number of halogens is 2. The standard InChI is InChI=1S/C19H15F2NO4/c1-10-7-18(23)26-17-9-13(4-5-14(10)17)25-11(2)19(24)22-12-3-6-15(20)16(21)8-12/h3-9,11H,1-2H3,(H,22,24). The Morgan fingerprint density at radius 3 is 2.62 bits per heavy atom. The lowest BCUT2D eigenvalue weighted by molar-refractivity contribution is -0.122. The van der Waals surface area contributed by atoms with Crippen LogP contribution in [0.15, 0.2) is 51.7 Å². The molecule has 1 aromatic heterocycles. The van der Waals surface area contributed by atoms with Crippen LogP contribution >= 0.6 is 0 Å². The van der Waals surface area contributed by atoms with Crippen molar-refractivity contribution >= 4 is 22.6 Å². The summed E-state index contributed by atoms with van der Waals surface area (Å²) in [6.07, 6.45) is -0.919. The number of fused-ring (bicyclic) bond motifs is 1. The second kappa shape index (κ2) is 6.95. The first-order chi connectivity index (χ1) is 12.3. The fourth-order valence-corrected chi connectivity index (χ4v) is 2.45. The highest BCUT2D eigenvalue weighted by molar-refractivity contribution is 5.94. The SMILES string of the molecule is Cc1cc(=O)oc2cc(OC(C)C(=O)Nc3ccc(F)c(F)c3)ccc12. The van der Waals surface area contributed by atoms with E-state index in [2.05, 4.69) is 5.32 Å². The summed E-state index contributed by atoms with van der Waals surface area (Å²) < 4.78 is 36.8. The molecule has 0 fully saturated rings. The van der Waals surface area contributed by atoms with Crippen LogP contribution in [-0.2, 0) is 4.79 Å². The maximum absolute atomic E-state index is 13.2. The lowest BCUT2D eigenvalue weighted by Gasteiger charge is -2.15. The Bertz CT molecular complexity index is 1050. The molecule has 0 saturated carbocycles. The predicted octanol–water partition coefficient (Wildman–Crippen LogP) is 3.79. The van der Waals surface area contributed by atoms with Gasteiger partial charge >= 0.3 is 5.63 Å². The number of hydrogen-bond acceptors (Lipinski definition) is 4. The Labute approximate surface area is 147 Å². The Morgan fingerprint density at radius 2 is 1.88 bits per heavy atom. The lowest BCUT2D eigenvalue weighted by Crippen LogP contribution is -2.30. The molecule has 7 heteroatoms. The quantitative estimate of drug-likeness (QED) is 0.720. The van der Waals surface area contributed by atoms with E-state index in [4.69, 9.17) is 9.15 Å². The number of anilines is 1. The van der Waals surface area contributed by atoms with Crippen LogP contribution in [0, 0.1) is 18.6 Å². The topological polar surface area (TPSA) is 68.5 Å². The van der Waals surface area contributed by atoms with Crippen LogP contribution in [0.3, 0.4) is 0 Å². The number of nitrogens with one attached hydrogen (secondary N) is 1. The van der Waals surface area contributed by atoms with Gasteiger partial charge in [-0.2, -0.15) is 0 Å². The molecule has 0 aliphatic heterocycles. The van der Waals surface area contributed by atoms with Gasteiger partial charge in [-0.1, -0.05) is 0 Å². The zero-order valence-corrected chi connectivity index (χ0v) is 14.0. The summed E-state index contributed by atoms with van der Waals surface area (Å²) in [5.74, 6) is -2.27. The van der Waals surface area contributed by atoms with Crippen LogP contribution < -0.4 is 15.7 Å². The highest BCUT2D eigenvalue weighted by Crippen LogP contribution is 2.23. The monoisotopic (exact) mass is 359 g/mol. The second-order valence-electron chi connectivity index (χ2n) is 5.78. The van der Waals surface area contributed by atoms with E-state index in [1.807, 2.05) is 0 Å². The molecule has 0 saturated heterocycles. The average Bonchev–Trinajstić information content (AvgIpc) is 2.57. The molecule has 5 nitrogen and oxygen atoms in total. The molecule has 3 rings (SSSR count). The van der Waals surface area contributed by atoms with Gasteiger partial charge in [-0.3, -0.25) is 4.79 Å². The molecule has 0 aliphatic carbocycles. The third kappa shape index (κ3) is 3.72. The van der Waals surface area contributed by atoms with Crippen molar-refractivity contribution < 1.29 is 22.7 Å². The zero-order valence-electron chi connectivity index (χ0n) is 14.0. The molecule has 0 aliphatic rings. The van der Waals surface area contributed by atoms with E-state index in [1.54, 1.807) is 19.1 Å². The van der Waals surface area contributed by atoms with Crippen molar-refractivity contribution in [3.8, 4) is 5.75 Å². The third-order valence-electron chi connectivity index (χ3n) is 3.79. The number of amides is 1. The molecule has 3 aromatic rings. The summed E-state index contributed by atoms with van der Waals surface area (Å²) in [4.78, 5) is 23.6. The molecular formula is C19H15F2NO4. The summed E-state index contributed by atoms with van der Waals surface area (Å²) in [7, 11) is 0. The van der Waals surface area contributed by atoms with Crippen LogP contribution in [0.2, 0.25) is 0 Å². The van der Waals surface area contributed by atoms with Crippen molar-refractivity contribution in [1.29, 1.82) is 0 Å². The van der Waals surface area contributed by atoms with Gasteiger partial charge in [0.05, 0.1) is 0 Å². The van der Waals surface area contributed by atoms with Gasteiger partial charge in [-0.15, -0.1) is 0 Å². The molecule has 0 bridgehead atoms. The van der Waals surface area contributed by atoms with Crippen molar-refractivity contribution in [2.45, 2.75) is 20.0 Å². The van der Waals surface area contributed by atoms with Crippen molar-refractivity contribution in [3.63, 3.8) is 0 Å². The second-order valence-corrected chi connectivity index (χ2v) is 5.78. The van der Waals surface area contributed by atoms with Crippen LogP contribution in [0.25, 0.3) is 11.0 Å². The Kier molecular flexibility index (Phi) is 4.71. The van der Waals surface area contributed by atoms with E-state index < -0.39 is 29.3 Å². The summed E-state index contributed by atoms with van der Waals surface area (Å²) in [6.45, 7) is 3.30. The van der Waals surface area contributed by atoms with E-state index in [0.717, 1.165) is 23.1 Å². The summed E-state index contributed by atoms with van der Waals surface area (Å²) >= 11 is 0. The number of carbonyl (C=O) groups is 1. The molecule has 2 aromatic carbocycles. The van der Waals surface area contributed by atoms with E-state index in [0.29, 0.717) is 11.3 Å². The fraction of sp³-hybridized carbons (Fsp3) is 0.158. The maximum atomic E-state index is 13.2. The number of rotatable bonds is 4. The smallest absolute Gasteiger partial charge is 0.336 e. The van der Waals surface area contributed by atoms with Crippen molar-refractivity contribution in [1.82, 2.24) is 0 Å². The van der Waals surface area contributed by atoms with E-state index in [9.17, 15) is 18.4 Å². The number of benzene rings is 2. The molecule has 1 atom stereocenters. The van der Waals surface area contributed by atoms with Gasteiger partial charge in [0.2, 0.25) is 0 Å². The molecular weight excluding hydrogens is 344 g/mol. The average molecular weight is 359 g/mol. The molecule has 0 radical (unpaired) electrons. The van der Waals surface area contributed by atoms with Gasteiger partial charge in [0.25, 0.3) is 5.91 Å². The molecule has 134 valence electrons. The van der Waals surface area contributed by atoms with Gasteiger partial charge in [-0.25, -0.2) is 13.6 Å². The number of ether oxygens (including phenoxy) is 1. The minimum atomic E-state index is -1.06. The number of carbonyl (C=O) groups excluding carboxylic acids is 1. The number of hydrogen-bond donors (Lipinski definition) is 1. The van der Waals surface area contributed by atoms with Gasteiger partial charge in [-0.05, 0) is 43.7 Å². The first-order valence-electron chi connectivity index (χ1n) is 7.80. The fourth-order valence-electron chi connectivity index (χ4n) is 2.45. The molecule has 1 amide bonds. The predicted molar refractivity (Wildman–Crippen MR) is 92.3 cm³/mol. The molecule has 1 heterocycles. The minimum Gasteiger partial charge on any atom is -0.481 e. The Balaban J connectivity index is 1.75. The van der Waals surface area contributed by atoms with Crippen LogP contribution in [-0.4, -0.2) is 12.0 Å². The van der Waals surface area contributed by atoms with Crippen LogP contribution in [0.1, 0.15) is 12.5 Å². The van der Waals surface area contributed by atoms with Gasteiger partial charge < -0.3 is 14.5 Å². The van der Waals surface area contributed by atoms with Gasteiger partial charge in [0.1, 0.15) is 11.3 Å². The minimum absolute atomic E-state index is 0.115. The van der Waals surface area contributed by atoms with Crippen molar-refractivity contribution in [2.24, 2.45) is 0 Å². The summed E-state index contributed by atoms with van der Waals surface area (Å²) in [5, 5.41) is 3.20. The normalized spacial score (nSPS) is 12.0. The van der Waals surface area contributed by atoms with Gasteiger partial charge in [0.15, 0.2) is 17.7 Å². The van der Waals surface area contributed by atoms with Gasteiger partial charge in [0, 0.05) is 29.3 Å². The zero-order chi connectivity index (χ0) is 18.8. The highest BCUT2D eigenvalue weighted by Gasteiger charge is 2.16. The van der Waals surface area contributed by atoms with Crippen molar-refractivity contribution in [2.75, 3.05) is 5.32 Å².